The van der Waals surface area contributed by atoms with Crippen LogP contribution in [0.1, 0.15) is 52.7 Å². The van der Waals surface area contributed by atoms with Gasteiger partial charge in [0.15, 0.2) is 21.4 Å². The van der Waals surface area contributed by atoms with Crippen molar-refractivity contribution in [2.45, 2.75) is 45.6 Å². The monoisotopic (exact) mass is 619 g/mol. The van der Waals surface area contributed by atoms with Crippen LogP contribution in [-0.2, 0) is 27.5 Å². The zero-order valence-electron chi connectivity index (χ0n) is 22.3. The van der Waals surface area contributed by atoms with E-state index in [-0.39, 0.29) is 29.4 Å². The molecular weight excluding hydrogens is 585 g/mol. The van der Waals surface area contributed by atoms with Crippen LogP contribution < -0.4 is 0 Å². The highest BCUT2D eigenvalue weighted by Crippen LogP contribution is 2.30. The van der Waals surface area contributed by atoms with Crippen LogP contribution in [0.15, 0.2) is 35.1 Å². The van der Waals surface area contributed by atoms with Crippen LogP contribution in [-0.4, -0.2) is 73.0 Å². The van der Waals surface area contributed by atoms with Gasteiger partial charge < -0.3 is 14.2 Å². The van der Waals surface area contributed by atoms with Crippen molar-refractivity contribution in [1.82, 2.24) is 14.5 Å². The molecule has 0 atom stereocenters. The highest BCUT2D eigenvalue weighted by Gasteiger charge is 2.25. The molecule has 1 saturated carbocycles. The van der Waals surface area contributed by atoms with Crippen molar-refractivity contribution in [2.75, 3.05) is 44.4 Å². The van der Waals surface area contributed by atoms with E-state index in [2.05, 4.69) is 25.8 Å². The number of hydrogen-bond donors (Lipinski definition) is 0. The van der Waals surface area contributed by atoms with Gasteiger partial charge in [-0.05, 0) is 74.4 Å². The van der Waals surface area contributed by atoms with Crippen LogP contribution in [0.5, 0.6) is 0 Å². The van der Waals surface area contributed by atoms with Gasteiger partial charge in [0, 0.05) is 41.7 Å². The van der Waals surface area contributed by atoms with Crippen molar-refractivity contribution >= 4 is 42.6 Å². The Labute approximate surface area is 237 Å². The number of unbranched alkanes of at least 4 members (excludes halogenated alkanes) is 1. The third kappa shape index (κ3) is 7.14. The standard InChI is InChI=1S/C29H35BrFN3O4S/c1-20-14-23(30)7-6-22(20)15-25-24(27(35)18-38-17-21-4-5-21)16-26-29(28(25)31)32-19-34(26)9-3-2-8-33-10-12-39(36,37)13-11-33/h6-7,14,16,19,21H,2-5,8-13,15,17-18H2,1H3. The highest BCUT2D eigenvalue weighted by molar-refractivity contribution is 9.10. The van der Waals surface area contributed by atoms with Gasteiger partial charge in [-0.15, -0.1) is 0 Å². The smallest absolute Gasteiger partial charge is 0.188 e. The summed E-state index contributed by atoms with van der Waals surface area (Å²) in [5.41, 5.74) is 3.57. The van der Waals surface area contributed by atoms with E-state index >= 15 is 4.39 Å². The molecule has 1 aliphatic heterocycles. The van der Waals surface area contributed by atoms with Crippen LogP contribution in [0.3, 0.4) is 0 Å². The van der Waals surface area contributed by atoms with E-state index in [1.54, 1.807) is 12.4 Å². The molecule has 0 bridgehead atoms. The predicted octanol–water partition coefficient (Wildman–Crippen LogP) is 4.96. The molecular formula is C29H35BrFN3O4S. The van der Waals surface area contributed by atoms with Gasteiger partial charge in [0.1, 0.15) is 12.1 Å². The Morgan fingerprint density at radius 3 is 2.62 bits per heavy atom. The Bertz CT molecular complexity index is 1450. The molecule has 2 heterocycles. The molecule has 0 radical (unpaired) electrons. The Morgan fingerprint density at radius 1 is 1.15 bits per heavy atom. The van der Waals surface area contributed by atoms with Gasteiger partial charge in [-0.25, -0.2) is 17.8 Å². The molecule has 2 aromatic carbocycles. The number of aryl methyl sites for hydroxylation is 2. The number of hydrogen-bond acceptors (Lipinski definition) is 6. The fraction of sp³-hybridized carbons (Fsp3) is 0.517. The van der Waals surface area contributed by atoms with Crippen molar-refractivity contribution in [3.63, 3.8) is 0 Å². The van der Waals surface area contributed by atoms with Crippen molar-refractivity contribution in [3.8, 4) is 0 Å². The number of benzene rings is 2. The molecule has 10 heteroatoms. The van der Waals surface area contributed by atoms with Crippen LogP contribution in [0.25, 0.3) is 11.0 Å². The number of rotatable bonds is 12. The number of sulfone groups is 1. The van der Waals surface area contributed by atoms with Crippen molar-refractivity contribution in [3.05, 3.63) is 63.1 Å². The normalized spacial score (nSPS) is 17.6. The first-order chi connectivity index (χ1) is 18.7. The molecule has 3 aromatic rings. The molecule has 1 aliphatic carbocycles. The first-order valence-electron chi connectivity index (χ1n) is 13.6. The minimum absolute atomic E-state index is 0.0620. The summed E-state index contributed by atoms with van der Waals surface area (Å²) in [6.45, 7) is 5.11. The average molecular weight is 621 g/mol. The summed E-state index contributed by atoms with van der Waals surface area (Å²) < 4.78 is 47.9. The lowest BCUT2D eigenvalue weighted by Crippen LogP contribution is -2.40. The lowest BCUT2D eigenvalue weighted by atomic mass is 9.94. The predicted molar refractivity (Wildman–Crippen MR) is 154 cm³/mol. The second kappa shape index (κ2) is 12.2. The van der Waals surface area contributed by atoms with Gasteiger partial charge >= 0.3 is 0 Å². The van der Waals surface area contributed by atoms with Gasteiger partial charge in [0.25, 0.3) is 0 Å². The Kier molecular flexibility index (Phi) is 8.85. The van der Waals surface area contributed by atoms with Crippen molar-refractivity contribution in [1.29, 1.82) is 0 Å². The first kappa shape index (κ1) is 28.4. The molecule has 5 rings (SSSR count). The summed E-state index contributed by atoms with van der Waals surface area (Å²) in [4.78, 5) is 19.9. The number of ketones is 1. The summed E-state index contributed by atoms with van der Waals surface area (Å²) in [6, 6.07) is 7.66. The summed E-state index contributed by atoms with van der Waals surface area (Å²) in [5.74, 6) is 0.323. The number of ether oxygens (including phenoxy) is 1. The highest BCUT2D eigenvalue weighted by atomic mass is 79.9. The van der Waals surface area contributed by atoms with E-state index in [0.29, 0.717) is 55.2 Å². The number of nitrogens with zero attached hydrogens (tertiary/aromatic N) is 3. The molecule has 1 aromatic heterocycles. The SMILES string of the molecule is Cc1cc(Br)ccc1Cc1c(C(=O)COCC2CC2)cc2c(ncn2CCCCN2CCS(=O)(=O)CC2)c1F. The number of carbonyl (C=O) groups is 1. The molecule has 0 spiro atoms. The molecule has 0 amide bonds. The van der Waals surface area contributed by atoms with E-state index in [1.165, 1.54) is 0 Å². The van der Waals surface area contributed by atoms with E-state index in [1.807, 2.05) is 29.7 Å². The van der Waals surface area contributed by atoms with Crippen molar-refractivity contribution in [2.24, 2.45) is 5.92 Å². The van der Waals surface area contributed by atoms with Crippen LogP contribution in [0.4, 0.5) is 4.39 Å². The molecule has 2 fully saturated rings. The maximum absolute atomic E-state index is 16.0. The van der Waals surface area contributed by atoms with Gasteiger partial charge in [-0.2, -0.15) is 0 Å². The number of fused-ring (bicyclic) bond motifs is 1. The summed E-state index contributed by atoms with van der Waals surface area (Å²) >= 11 is 3.48. The Hall–Kier alpha value is -2.14. The van der Waals surface area contributed by atoms with Crippen molar-refractivity contribution < 1.29 is 22.3 Å². The molecule has 1 saturated heterocycles. The number of imidazole rings is 1. The maximum atomic E-state index is 16.0. The van der Waals surface area contributed by atoms with Gasteiger partial charge in [0.05, 0.1) is 30.0 Å². The van der Waals surface area contributed by atoms with E-state index in [0.717, 1.165) is 47.8 Å². The van der Waals surface area contributed by atoms with Gasteiger partial charge in [0.2, 0.25) is 0 Å². The zero-order valence-corrected chi connectivity index (χ0v) is 24.7. The minimum Gasteiger partial charge on any atom is -0.373 e. The topological polar surface area (TPSA) is 81.5 Å². The minimum atomic E-state index is -2.88. The van der Waals surface area contributed by atoms with E-state index < -0.39 is 15.7 Å². The van der Waals surface area contributed by atoms with Crippen LogP contribution in [0, 0.1) is 18.7 Å². The number of halogens is 2. The fourth-order valence-corrected chi connectivity index (χ4v) is 6.87. The molecule has 0 N–H and O–H groups in total. The third-order valence-corrected chi connectivity index (χ3v) is 9.88. The zero-order chi connectivity index (χ0) is 27.6. The quantitative estimate of drug-likeness (QED) is 0.211. The summed E-state index contributed by atoms with van der Waals surface area (Å²) in [7, 11) is -2.88. The molecule has 210 valence electrons. The Morgan fingerprint density at radius 2 is 1.90 bits per heavy atom. The van der Waals surface area contributed by atoms with Crippen LogP contribution in [0.2, 0.25) is 0 Å². The number of carbonyl (C=O) groups excluding carboxylic acids is 1. The van der Waals surface area contributed by atoms with E-state index in [9.17, 15) is 13.2 Å². The Balaban J connectivity index is 1.34. The largest absolute Gasteiger partial charge is 0.373 e. The first-order valence-corrected chi connectivity index (χ1v) is 16.3. The van der Waals surface area contributed by atoms with E-state index in [4.69, 9.17) is 4.74 Å². The lowest BCUT2D eigenvalue weighted by Gasteiger charge is -2.26. The molecule has 7 nitrogen and oxygen atoms in total. The van der Waals surface area contributed by atoms with Gasteiger partial charge in [-0.1, -0.05) is 22.0 Å². The molecule has 39 heavy (non-hydrogen) atoms. The average Bonchev–Trinajstić information content (AvgIpc) is 3.63. The van der Waals surface area contributed by atoms with Crippen LogP contribution >= 0.6 is 15.9 Å². The number of aromatic nitrogens is 2. The van der Waals surface area contributed by atoms with Gasteiger partial charge in [-0.3, -0.25) is 4.79 Å². The maximum Gasteiger partial charge on any atom is 0.188 e. The number of Topliss-reactive ketones (excluding diaryl/α,β-unsaturated/α-hetero) is 1. The second-order valence-corrected chi connectivity index (χ2v) is 14.1. The lowest BCUT2D eigenvalue weighted by molar-refractivity contribution is 0.0738. The third-order valence-electron chi connectivity index (χ3n) is 7.77. The molecule has 0 unspecified atom stereocenters. The molecule has 2 aliphatic rings. The summed E-state index contributed by atoms with van der Waals surface area (Å²) in [6.07, 6.45) is 5.95. The summed E-state index contributed by atoms with van der Waals surface area (Å²) in [5, 5.41) is 0. The fourth-order valence-electron chi connectivity index (χ4n) is 5.12. The second-order valence-electron chi connectivity index (χ2n) is 10.9.